The fourth-order valence-corrected chi connectivity index (χ4v) is 2.28. The molecular formula is C14H13ClF3N3O3. The number of alkyl halides is 3. The van der Waals surface area contributed by atoms with E-state index in [1.165, 1.54) is 18.1 Å². The number of aliphatic carboxylic acids is 1. The number of carbonyl (C=O) groups is 2. The summed E-state index contributed by atoms with van der Waals surface area (Å²) in [6, 6.07) is 0.772. The van der Waals surface area contributed by atoms with Crippen molar-refractivity contribution in [2.24, 2.45) is 0 Å². The highest BCUT2D eigenvalue weighted by molar-refractivity contribution is 6.33. The predicted molar refractivity (Wildman–Crippen MR) is 78.8 cm³/mol. The summed E-state index contributed by atoms with van der Waals surface area (Å²) in [6.07, 6.45) is -2.78. The molecule has 0 fully saturated rings. The first-order valence-electron chi connectivity index (χ1n) is 6.78. The van der Waals surface area contributed by atoms with Gasteiger partial charge < -0.3 is 14.4 Å². The molecule has 0 aliphatic heterocycles. The second kappa shape index (κ2) is 6.68. The minimum atomic E-state index is -4.55. The highest BCUT2D eigenvalue weighted by atomic mass is 35.5. The number of aromatic nitrogens is 2. The van der Waals surface area contributed by atoms with Gasteiger partial charge in [0.1, 0.15) is 0 Å². The third kappa shape index (κ3) is 4.16. The Hall–Kier alpha value is -2.29. The molecule has 2 rings (SSSR count). The van der Waals surface area contributed by atoms with Crippen LogP contribution in [0.2, 0.25) is 5.02 Å². The number of carboxylic acid groups (broad SMARTS) is 1. The van der Waals surface area contributed by atoms with Gasteiger partial charge in [0.05, 0.1) is 29.1 Å². The Labute approximate surface area is 139 Å². The Bertz CT molecular complexity index is 789. The summed E-state index contributed by atoms with van der Waals surface area (Å²) in [4.78, 5) is 27.8. The number of pyridine rings is 1. The van der Waals surface area contributed by atoms with Gasteiger partial charge in [0.25, 0.3) is 0 Å². The van der Waals surface area contributed by atoms with Crippen molar-refractivity contribution >= 4 is 29.1 Å². The molecule has 24 heavy (non-hydrogen) atoms. The largest absolute Gasteiger partial charge is 0.481 e. The van der Waals surface area contributed by atoms with Gasteiger partial charge in [-0.25, -0.2) is 4.98 Å². The fraction of sp³-hybridized carbons (Fsp3) is 0.357. The van der Waals surface area contributed by atoms with E-state index in [9.17, 15) is 22.8 Å². The van der Waals surface area contributed by atoms with Crippen LogP contribution in [0.3, 0.4) is 0 Å². The SMILES string of the molecule is CN(CCC(=O)O)C(=O)Cc1cn2cc(C(F)(F)F)cc(Cl)c2n1. The Morgan fingerprint density at radius 1 is 1.38 bits per heavy atom. The number of hydrogen-bond acceptors (Lipinski definition) is 3. The first kappa shape index (κ1) is 18.1. The zero-order valence-electron chi connectivity index (χ0n) is 12.5. The maximum Gasteiger partial charge on any atom is 0.417 e. The standard InChI is InChI=1S/C14H13ClF3N3O3/c1-20(3-2-12(23)24)11(22)5-9-7-21-6-8(14(16,17)18)4-10(15)13(21)19-9/h4,6-7H,2-3,5H2,1H3,(H,23,24). The Morgan fingerprint density at radius 3 is 2.62 bits per heavy atom. The van der Waals surface area contributed by atoms with Crippen LogP contribution >= 0.6 is 11.6 Å². The third-order valence-electron chi connectivity index (χ3n) is 3.30. The van der Waals surface area contributed by atoms with Gasteiger partial charge in [0.2, 0.25) is 5.91 Å². The van der Waals surface area contributed by atoms with E-state index in [2.05, 4.69) is 4.98 Å². The van der Waals surface area contributed by atoms with E-state index in [0.29, 0.717) is 0 Å². The molecule has 0 aromatic carbocycles. The number of halogens is 4. The Balaban J connectivity index is 2.20. The van der Waals surface area contributed by atoms with Crippen molar-refractivity contribution < 1.29 is 27.9 Å². The smallest absolute Gasteiger partial charge is 0.417 e. The fourth-order valence-electron chi connectivity index (χ4n) is 2.03. The molecule has 2 aromatic heterocycles. The predicted octanol–water partition coefficient (Wildman–Crippen LogP) is 2.48. The lowest BCUT2D eigenvalue weighted by Crippen LogP contribution is -2.30. The number of imidazole rings is 1. The highest BCUT2D eigenvalue weighted by Crippen LogP contribution is 2.32. The van der Waals surface area contributed by atoms with Crippen LogP contribution in [0.4, 0.5) is 13.2 Å². The van der Waals surface area contributed by atoms with E-state index in [4.69, 9.17) is 16.7 Å². The van der Waals surface area contributed by atoms with Crippen molar-refractivity contribution in [1.29, 1.82) is 0 Å². The molecule has 0 unspecified atom stereocenters. The molecule has 0 saturated heterocycles. The van der Waals surface area contributed by atoms with Crippen molar-refractivity contribution in [2.75, 3.05) is 13.6 Å². The van der Waals surface area contributed by atoms with Crippen molar-refractivity contribution in [2.45, 2.75) is 19.0 Å². The summed E-state index contributed by atoms with van der Waals surface area (Å²) in [7, 11) is 1.44. The second-order valence-electron chi connectivity index (χ2n) is 5.17. The average molecular weight is 364 g/mol. The molecule has 0 aliphatic carbocycles. The van der Waals surface area contributed by atoms with Crippen LogP contribution in [0.1, 0.15) is 17.7 Å². The summed E-state index contributed by atoms with van der Waals surface area (Å²) in [5, 5.41) is 8.41. The van der Waals surface area contributed by atoms with Gasteiger partial charge in [-0.1, -0.05) is 11.6 Å². The Kier molecular flexibility index (Phi) is 5.02. The topological polar surface area (TPSA) is 74.9 Å². The number of nitrogens with zero attached hydrogens (tertiary/aromatic N) is 3. The number of carbonyl (C=O) groups excluding carboxylic acids is 1. The zero-order chi connectivity index (χ0) is 18.1. The van der Waals surface area contributed by atoms with Gasteiger partial charge in [0.15, 0.2) is 5.65 Å². The van der Waals surface area contributed by atoms with E-state index in [1.54, 1.807) is 0 Å². The summed E-state index contributed by atoms with van der Waals surface area (Å²) in [5.41, 5.74) is -0.571. The summed E-state index contributed by atoms with van der Waals surface area (Å²) >= 11 is 5.82. The van der Waals surface area contributed by atoms with Gasteiger partial charge in [-0.15, -0.1) is 0 Å². The maximum absolute atomic E-state index is 12.8. The number of likely N-dealkylation sites (N-methyl/N-ethyl adjacent to an activating group) is 1. The molecule has 2 aromatic rings. The summed E-state index contributed by atoms with van der Waals surface area (Å²) in [6.45, 7) is 0.0283. The van der Waals surface area contributed by atoms with Crippen LogP contribution in [-0.4, -0.2) is 44.9 Å². The van der Waals surface area contributed by atoms with Crippen LogP contribution in [0.25, 0.3) is 5.65 Å². The van der Waals surface area contributed by atoms with Gasteiger partial charge in [0, 0.05) is 26.0 Å². The number of carboxylic acids is 1. The molecule has 0 aliphatic rings. The zero-order valence-corrected chi connectivity index (χ0v) is 13.2. The molecule has 130 valence electrons. The van der Waals surface area contributed by atoms with Crippen molar-refractivity contribution in [1.82, 2.24) is 14.3 Å². The van der Waals surface area contributed by atoms with Crippen molar-refractivity contribution in [3.63, 3.8) is 0 Å². The Morgan fingerprint density at radius 2 is 2.04 bits per heavy atom. The van der Waals surface area contributed by atoms with E-state index in [0.717, 1.165) is 16.7 Å². The molecule has 0 atom stereocenters. The van der Waals surface area contributed by atoms with Crippen LogP contribution in [0, 0.1) is 0 Å². The first-order chi connectivity index (χ1) is 11.1. The molecular weight excluding hydrogens is 351 g/mol. The van der Waals surface area contributed by atoms with Crippen LogP contribution in [0.5, 0.6) is 0 Å². The second-order valence-corrected chi connectivity index (χ2v) is 5.58. The van der Waals surface area contributed by atoms with Crippen molar-refractivity contribution in [3.05, 3.63) is 34.7 Å². The molecule has 0 saturated carbocycles. The van der Waals surface area contributed by atoms with Crippen LogP contribution in [0.15, 0.2) is 18.5 Å². The number of rotatable bonds is 5. The third-order valence-corrected chi connectivity index (χ3v) is 3.58. The van der Waals surface area contributed by atoms with Gasteiger partial charge in [-0.3, -0.25) is 9.59 Å². The minimum absolute atomic E-state index is 0.0283. The lowest BCUT2D eigenvalue weighted by Gasteiger charge is -2.14. The van der Waals surface area contributed by atoms with E-state index in [-0.39, 0.29) is 35.8 Å². The average Bonchev–Trinajstić information content (AvgIpc) is 2.86. The normalized spacial score (nSPS) is 11.7. The minimum Gasteiger partial charge on any atom is -0.481 e. The molecule has 1 amide bonds. The van der Waals surface area contributed by atoms with E-state index < -0.39 is 23.6 Å². The lowest BCUT2D eigenvalue weighted by atomic mass is 10.3. The molecule has 6 nitrogen and oxygen atoms in total. The monoisotopic (exact) mass is 363 g/mol. The summed E-state index contributed by atoms with van der Waals surface area (Å²) in [5.74, 6) is -1.43. The lowest BCUT2D eigenvalue weighted by molar-refractivity contribution is -0.139. The maximum atomic E-state index is 12.8. The molecule has 2 heterocycles. The van der Waals surface area contributed by atoms with Gasteiger partial charge in [-0.05, 0) is 6.07 Å². The number of fused-ring (bicyclic) bond motifs is 1. The number of hydrogen-bond donors (Lipinski definition) is 1. The number of amides is 1. The van der Waals surface area contributed by atoms with Gasteiger partial charge >= 0.3 is 12.1 Å². The van der Waals surface area contributed by atoms with Gasteiger partial charge in [-0.2, -0.15) is 13.2 Å². The molecule has 1 N–H and O–H groups in total. The first-order valence-corrected chi connectivity index (χ1v) is 7.16. The molecule has 0 radical (unpaired) electrons. The molecule has 0 spiro atoms. The van der Waals surface area contributed by atoms with Crippen molar-refractivity contribution in [3.8, 4) is 0 Å². The quantitative estimate of drug-likeness (QED) is 0.885. The van der Waals surface area contributed by atoms with Crippen LogP contribution < -0.4 is 0 Å². The highest BCUT2D eigenvalue weighted by Gasteiger charge is 2.32. The molecule has 10 heteroatoms. The molecule has 0 bridgehead atoms. The van der Waals surface area contributed by atoms with E-state index in [1.807, 2.05) is 0 Å². The van der Waals surface area contributed by atoms with Crippen LogP contribution in [-0.2, 0) is 22.2 Å². The van der Waals surface area contributed by atoms with E-state index >= 15 is 0 Å². The summed E-state index contributed by atoms with van der Waals surface area (Å²) < 4.78 is 39.4.